The summed E-state index contributed by atoms with van der Waals surface area (Å²) in [6.45, 7) is 19.4. The molecule has 0 amide bonds. The van der Waals surface area contributed by atoms with Crippen LogP contribution in [0.5, 0.6) is 5.75 Å². The topological polar surface area (TPSA) is 215 Å². The first kappa shape index (κ1) is 59.4. The second-order valence-corrected chi connectivity index (χ2v) is 24.3. The van der Waals surface area contributed by atoms with Crippen molar-refractivity contribution < 1.29 is 71.2 Å². The highest BCUT2D eigenvalue weighted by atomic mass is 32.2. The molecule has 0 bridgehead atoms. The first-order valence-corrected chi connectivity index (χ1v) is 27.8. The van der Waals surface area contributed by atoms with Crippen molar-refractivity contribution in [2.75, 3.05) is 40.3 Å². The number of likely N-dealkylation sites (N-methyl/N-ethyl adjacent to an activating group) is 1. The fourth-order valence-electron chi connectivity index (χ4n) is 11.7. The average Bonchev–Trinajstić information content (AvgIpc) is 3.35. The van der Waals surface area contributed by atoms with Gasteiger partial charge >= 0.3 is 5.97 Å². The van der Waals surface area contributed by atoms with E-state index in [4.69, 9.17) is 33.2 Å². The molecule has 2 aromatic rings. The van der Waals surface area contributed by atoms with E-state index in [0.29, 0.717) is 6.54 Å². The van der Waals surface area contributed by atoms with Gasteiger partial charge in [0.25, 0.3) is 0 Å². The number of nitrogens with zero attached hydrogens (tertiary/aromatic N) is 2. The number of halogens is 1. The molecule has 4 aliphatic rings. The van der Waals surface area contributed by atoms with Crippen LogP contribution in [0.3, 0.4) is 0 Å². The second kappa shape index (κ2) is 24.2. The van der Waals surface area contributed by atoms with Gasteiger partial charge in [-0.15, -0.1) is 0 Å². The minimum Gasteiger partial charge on any atom is -0.483 e. The van der Waals surface area contributed by atoms with Crippen LogP contribution in [0.2, 0.25) is 0 Å². The lowest BCUT2D eigenvalue weighted by atomic mass is 9.74. The number of β-amino-alcohol motifs (C(OH)–C–C–N with tert-alkyl or cyclic N) is 1. The molecule has 0 aliphatic carbocycles. The minimum atomic E-state index is -4.15. The van der Waals surface area contributed by atoms with E-state index in [2.05, 4.69) is 10.2 Å². The number of nitrogens with one attached hydrogen (secondary N) is 1. The molecule has 18 atom stereocenters. The third-order valence-electron chi connectivity index (χ3n) is 16.4. The molecule has 4 fully saturated rings. The van der Waals surface area contributed by atoms with Gasteiger partial charge in [-0.2, -0.15) is 4.31 Å². The largest absolute Gasteiger partial charge is 0.483 e. The van der Waals surface area contributed by atoms with E-state index in [0.717, 1.165) is 32.4 Å². The van der Waals surface area contributed by atoms with E-state index < -0.39 is 123 Å². The van der Waals surface area contributed by atoms with E-state index in [1.165, 1.54) is 61.8 Å². The first-order chi connectivity index (χ1) is 34.2. The predicted molar refractivity (Wildman–Crippen MR) is 271 cm³/mol. The van der Waals surface area contributed by atoms with Crippen LogP contribution in [0.25, 0.3) is 0 Å². The first-order valence-electron chi connectivity index (χ1n) is 26.3. The summed E-state index contributed by atoms with van der Waals surface area (Å²) in [4.78, 5) is 17.0. The van der Waals surface area contributed by atoms with Crippen LogP contribution in [0.4, 0.5) is 4.39 Å². The summed E-state index contributed by atoms with van der Waals surface area (Å²) in [6, 6.07) is 11.7. The number of benzene rings is 2. The van der Waals surface area contributed by atoms with Gasteiger partial charge in [0, 0.05) is 39.1 Å². The smallest absolute Gasteiger partial charge is 0.311 e. The molecule has 17 nitrogen and oxygen atoms in total. The molecule has 5 N–H and O–H groups in total. The zero-order chi connectivity index (χ0) is 53.8. The summed E-state index contributed by atoms with van der Waals surface area (Å²) >= 11 is 0. The predicted octanol–water partition coefficient (Wildman–Crippen LogP) is 5.40. The number of esters is 1. The highest BCUT2D eigenvalue weighted by molar-refractivity contribution is 7.89. The Bertz CT molecular complexity index is 2190. The van der Waals surface area contributed by atoms with Crippen molar-refractivity contribution in [2.24, 2.45) is 17.8 Å². The Morgan fingerprint density at radius 3 is 2.15 bits per heavy atom. The van der Waals surface area contributed by atoms with Crippen LogP contribution in [-0.2, 0) is 43.2 Å². The molecule has 19 heteroatoms. The van der Waals surface area contributed by atoms with E-state index in [1.807, 2.05) is 13.8 Å². The van der Waals surface area contributed by atoms with E-state index in [9.17, 15) is 38.0 Å². The number of hydrogen-bond donors (Lipinski definition) is 5. The van der Waals surface area contributed by atoms with Gasteiger partial charge in [0.2, 0.25) is 10.0 Å². The highest BCUT2D eigenvalue weighted by Crippen LogP contribution is 2.44. The third kappa shape index (κ3) is 13.3. The van der Waals surface area contributed by atoms with Crippen LogP contribution >= 0.6 is 0 Å². The number of cyclic esters (lactones) is 1. The number of likely N-dealkylation sites (tertiary alicyclic amines) is 1. The van der Waals surface area contributed by atoms with Crippen molar-refractivity contribution >= 4 is 16.0 Å². The van der Waals surface area contributed by atoms with Gasteiger partial charge in [-0.05, 0) is 143 Å². The number of carbonyl (C=O) groups excluding carboxylic acids is 1. The number of piperidine rings is 1. The Morgan fingerprint density at radius 2 is 1.53 bits per heavy atom. The summed E-state index contributed by atoms with van der Waals surface area (Å²) in [5.41, 5.74) is -6.35. The normalized spacial score (nSPS) is 41.1. The van der Waals surface area contributed by atoms with Crippen molar-refractivity contribution in [3.8, 4) is 5.75 Å². The molecule has 3 unspecified atom stereocenters. The van der Waals surface area contributed by atoms with Gasteiger partial charge in [-0.25, -0.2) is 12.8 Å². The molecule has 73 heavy (non-hydrogen) atoms. The molecular weight excluding hydrogens is 966 g/mol. The van der Waals surface area contributed by atoms with Gasteiger partial charge in [0.1, 0.15) is 40.6 Å². The van der Waals surface area contributed by atoms with Crippen molar-refractivity contribution in [2.45, 2.75) is 209 Å². The number of methoxy groups -OCH3 is 1. The fourth-order valence-corrected chi connectivity index (χ4v) is 13.1. The van der Waals surface area contributed by atoms with Crippen molar-refractivity contribution in [1.29, 1.82) is 0 Å². The maximum Gasteiger partial charge on any atom is 0.311 e. The van der Waals surface area contributed by atoms with Crippen molar-refractivity contribution in [3.05, 3.63) is 60.4 Å². The number of rotatable bonds is 13. The molecule has 0 aromatic heterocycles. The maximum absolute atomic E-state index is 14.8. The Labute approximate surface area is 433 Å². The minimum absolute atomic E-state index is 0.0326. The SMILES string of the molecule is CC[C@H]1OC(=O)[C@H](C)[C@@H](OC2CC(C)(OC)C(O)(CN3CCCCC3)[C@@H](C)O2)[C@H](C)[C@@H](O[C@@H]2O[C@H](C)C[C@H](N(C)S(=O)(=O)c3ccccc3)[C@H]2Oc2ccc(F)cc2)[C@](C)(O)C[C@@H](C)CN[C@H](C)[C@@H](O)[C@]1(C)O. The summed E-state index contributed by atoms with van der Waals surface area (Å²) < 4.78 is 90.7. The lowest BCUT2D eigenvalue weighted by molar-refractivity contribution is -0.338. The Kier molecular flexibility index (Phi) is 19.7. The summed E-state index contributed by atoms with van der Waals surface area (Å²) in [5, 5.41) is 52.5. The zero-order valence-electron chi connectivity index (χ0n) is 45.1. The molecule has 0 spiro atoms. The van der Waals surface area contributed by atoms with E-state index >= 15 is 0 Å². The summed E-state index contributed by atoms with van der Waals surface area (Å²) in [6.07, 6.45) is -6.62. The van der Waals surface area contributed by atoms with Crippen LogP contribution in [0.15, 0.2) is 59.5 Å². The Hall–Kier alpha value is -2.89. The van der Waals surface area contributed by atoms with Gasteiger partial charge in [0.15, 0.2) is 18.7 Å². The molecule has 4 aliphatic heterocycles. The summed E-state index contributed by atoms with van der Waals surface area (Å²) in [5.74, 6) is -3.49. The number of sulfonamides is 1. The Balaban J connectivity index is 1.46. The van der Waals surface area contributed by atoms with Gasteiger partial charge in [-0.3, -0.25) is 4.79 Å². The molecule has 4 saturated heterocycles. The lowest BCUT2D eigenvalue weighted by Gasteiger charge is -2.55. The molecule has 2 aromatic carbocycles. The van der Waals surface area contributed by atoms with Gasteiger partial charge in [0.05, 0.1) is 46.9 Å². The molecule has 4 heterocycles. The highest BCUT2D eigenvalue weighted by Gasteiger charge is 2.59. The van der Waals surface area contributed by atoms with Gasteiger partial charge < -0.3 is 63.8 Å². The van der Waals surface area contributed by atoms with Crippen molar-refractivity contribution in [1.82, 2.24) is 14.5 Å². The zero-order valence-corrected chi connectivity index (χ0v) is 45.9. The number of hydrogen-bond acceptors (Lipinski definition) is 16. The standard InChI is InChI=1S/C54H86FN3O14S/c1-13-43-53(10,62)47(59)37(6)56-31-33(2)29-51(8,61)48(35(4)45(36(5)49(60)70-43)71-44-30-52(9,66-12)54(63,38(7)68-44)32-58-26-18-15-19-27-58)72-50-46(69-40-24-22-39(55)23-25-40)42(28-34(3)67-50)57(11)73(64,65)41-20-16-14-17-21-41/h14,16-17,20-25,33-38,42-48,50,56,59,61-63H,13,15,18-19,26-32H2,1-12H3/t33-,34-,35+,36-,37-,38-,42+,43-,44?,45+,46-,47-,48-,50+,51-,52?,53-,54?/m1/s1. The van der Waals surface area contributed by atoms with Crippen molar-refractivity contribution in [3.63, 3.8) is 0 Å². The monoisotopic (exact) mass is 1050 g/mol. The molecule has 6 rings (SSSR count). The number of ether oxygens (including phenoxy) is 7. The van der Waals surface area contributed by atoms with Crippen LogP contribution in [0, 0.1) is 23.6 Å². The molecule has 0 radical (unpaired) electrons. The number of aliphatic hydroxyl groups is 4. The molecular formula is C54H86FN3O14S. The fraction of sp³-hybridized carbons (Fsp3) is 0.759. The summed E-state index contributed by atoms with van der Waals surface area (Å²) in [7, 11) is -1.15. The van der Waals surface area contributed by atoms with Crippen LogP contribution < -0.4 is 10.1 Å². The third-order valence-corrected chi connectivity index (χ3v) is 18.3. The quantitative estimate of drug-likeness (QED) is 0.159. The van der Waals surface area contributed by atoms with Crippen LogP contribution in [-0.4, -0.2) is 174 Å². The van der Waals surface area contributed by atoms with E-state index in [-0.39, 0.29) is 48.8 Å². The lowest BCUT2D eigenvalue weighted by Crippen LogP contribution is -2.70. The maximum atomic E-state index is 14.8. The Morgan fingerprint density at radius 1 is 0.890 bits per heavy atom. The second-order valence-electron chi connectivity index (χ2n) is 22.3. The van der Waals surface area contributed by atoms with Gasteiger partial charge in [-0.1, -0.05) is 45.4 Å². The van der Waals surface area contributed by atoms with Crippen LogP contribution in [0.1, 0.15) is 114 Å². The number of aliphatic hydroxyl groups excluding tert-OH is 1. The number of carbonyl (C=O) groups is 1. The average molecular weight is 1050 g/mol. The molecule has 0 saturated carbocycles. The molecule has 414 valence electrons. The van der Waals surface area contributed by atoms with E-state index in [1.54, 1.807) is 66.7 Å².